The van der Waals surface area contributed by atoms with Crippen molar-refractivity contribution in [2.75, 3.05) is 23.3 Å². The van der Waals surface area contributed by atoms with E-state index in [4.69, 9.17) is 0 Å². The van der Waals surface area contributed by atoms with Gasteiger partial charge < -0.3 is 10.2 Å². The summed E-state index contributed by atoms with van der Waals surface area (Å²) < 4.78 is 1.96. The molecular weight excluding hydrogens is 396 g/mol. The van der Waals surface area contributed by atoms with Crippen LogP contribution in [0.5, 0.6) is 0 Å². The van der Waals surface area contributed by atoms with E-state index in [1.165, 1.54) is 36.7 Å². The number of hydrogen-bond donors (Lipinski definition) is 2. The number of amides is 1. The molecule has 0 unspecified atom stereocenters. The molecule has 2 aromatic carbocycles. The Bertz CT molecular complexity index is 1180. The maximum Gasteiger partial charge on any atom is 0.237 e. The van der Waals surface area contributed by atoms with Crippen LogP contribution in [0.2, 0.25) is 0 Å². The fraction of sp³-hybridized carbons (Fsp3) is 0.318. The largest absolute Gasteiger partial charge is 0.372 e. The summed E-state index contributed by atoms with van der Waals surface area (Å²) in [6.45, 7) is 4.11. The molecule has 3 heterocycles. The average Bonchev–Trinajstić information content (AvgIpc) is 3.34. The molecule has 1 aliphatic heterocycles. The number of nitrogens with zero attached hydrogens (tertiary/aromatic N) is 4. The van der Waals surface area contributed by atoms with Crippen molar-refractivity contribution in [2.24, 2.45) is 0 Å². The first-order valence-corrected chi connectivity index (χ1v) is 11.2. The molecule has 5 rings (SSSR count). The lowest BCUT2D eigenvalue weighted by atomic mass is 10.1. The van der Waals surface area contributed by atoms with Crippen LogP contribution in [-0.4, -0.2) is 43.8 Å². The number of carbonyl (C=O) groups excluding carboxylic acids is 1. The van der Waals surface area contributed by atoms with Crippen molar-refractivity contribution in [1.29, 1.82) is 0 Å². The molecule has 0 saturated carbocycles. The van der Waals surface area contributed by atoms with Crippen LogP contribution in [0, 0.1) is 0 Å². The van der Waals surface area contributed by atoms with Crippen LogP contribution in [0.4, 0.5) is 11.4 Å². The van der Waals surface area contributed by atoms with Crippen molar-refractivity contribution >= 4 is 45.9 Å². The van der Waals surface area contributed by atoms with E-state index in [2.05, 4.69) is 37.5 Å². The lowest BCUT2D eigenvalue weighted by molar-refractivity contribution is -0.115. The Kier molecular flexibility index (Phi) is 5.08. The summed E-state index contributed by atoms with van der Waals surface area (Å²) in [7, 11) is 0. The second-order valence-corrected chi connectivity index (χ2v) is 8.92. The quantitative estimate of drug-likeness (QED) is 0.470. The van der Waals surface area contributed by atoms with Gasteiger partial charge >= 0.3 is 0 Å². The number of aromatic amines is 1. The predicted octanol–water partition coefficient (Wildman–Crippen LogP) is 4.32. The summed E-state index contributed by atoms with van der Waals surface area (Å²) in [6.07, 6.45) is 3.82. The lowest BCUT2D eigenvalue weighted by Gasteiger charge is -2.28. The highest BCUT2D eigenvalue weighted by Gasteiger charge is 2.20. The molecule has 0 aliphatic carbocycles. The minimum Gasteiger partial charge on any atom is -0.372 e. The molecule has 30 heavy (non-hydrogen) atoms. The molecule has 154 valence electrons. The number of nitrogens with one attached hydrogen (secondary N) is 2. The highest BCUT2D eigenvalue weighted by Crippen LogP contribution is 2.27. The fourth-order valence-electron chi connectivity index (χ4n) is 3.88. The second-order valence-electron chi connectivity index (χ2n) is 7.61. The molecule has 0 radical (unpaired) electrons. The summed E-state index contributed by atoms with van der Waals surface area (Å²) in [4.78, 5) is 19.7. The van der Waals surface area contributed by atoms with Gasteiger partial charge in [-0.05, 0) is 62.6 Å². The first-order chi connectivity index (χ1) is 14.7. The zero-order chi connectivity index (χ0) is 20.5. The van der Waals surface area contributed by atoms with Gasteiger partial charge in [-0.25, -0.2) is 10.1 Å². The molecule has 0 spiro atoms. The van der Waals surface area contributed by atoms with E-state index in [0.717, 1.165) is 35.0 Å². The Hall–Kier alpha value is -3.00. The minimum atomic E-state index is -0.306. The molecule has 7 nitrogen and oxygen atoms in total. The second kappa shape index (κ2) is 8.02. The van der Waals surface area contributed by atoms with Gasteiger partial charge in [-0.2, -0.15) is 0 Å². The van der Waals surface area contributed by atoms with E-state index in [1.54, 1.807) is 0 Å². The molecule has 1 fully saturated rings. The monoisotopic (exact) mass is 420 g/mol. The summed E-state index contributed by atoms with van der Waals surface area (Å²) in [5.74, 6) is 0.630. The normalized spacial score (nSPS) is 15.6. The molecule has 4 aromatic rings. The third kappa shape index (κ3) is 3.63. The van der Waals surface area contributed by atoms with Crippen molar-refractivity contribution in [3.63, 3.8) is 0 Å². The van der Waals surface area contributed by atoms with Crippen molar-refractivity contribution in [1.82, 2.24) is 19.6 Å². The van der Waals surface area contributed by atoms with Crippen molar-refractivity contribution in [3.05, 3.63) is 48.5 Å². The fourth-order valence-corrected chi connectivity index (χ4v) is 4.76. The van der Waals surface area contributed by atoms with Crippen molar-refractivity contribution in [2.45, 2.75) is 36.6 Å². The van der Waals surface area contributed by atoms with Crippen LogP contribution in [0.3, 0.4) is 0 Å². The predicted molar refractivity (Wildman–Crippen MR) is 121 cm³/mol. The molecular formula is C22H24N6OS. The van der Waals surface area contributed by atoms with Gasteiger partial charge in [0.2, 0.25) is 11.7 Å². The lowest BCUT2D eigenvalue weighted by Crippen LogP contribution is -2.29. The van der Waals surface area contributed by atoms with Gasteiger partial charge in [0.25, 0.3) is 0 Å². The summed E-state index contributed by atoms with van der Waals surface area (Å²) in [6, 6.07) is 16.0. The van der Waals surface area contributed by atoms with E-state index in [-0.39, 0.29) is 11.2 Å². The zero-order valence-electron chi connectivity index (χ0n) is 16.8. The molecule has 1 atom stereocenters. The Morgan fingerprint density at radius 3 is 2.67 bits per heavy atom. The van der Waals surface area contributed by atoms with Crippen molar-refractivity contribution < 1.29 is 4.79 Å². The number of hydrogen-bond acceptors (Lipinski definition) is 5. The average molecular weight is 421 g/mol. The standard InChI is InChI=1S/C22H24N6OS/c1-15(30-22-26-25-21-24-18-7-3-4-8-19(18)28(21)22)20(29)23-16-9-11-17(12-10-16)27-13-5-2-6-14-27/h3-4,7-12,15H,2,5-6,13-14H2,1H3,(H,23,29)(H,24,25)/t15-/m0/s1. The number of fused-ring (bicyclic) bond motifs is 3. The van der Waals surface area contributed by atoms with E-state index >= 15 is 0 Å². The number of para-hydroxylation sites is 2. The topological polar surface area (TPSA) is 78.3 Å². The van der Waals surface area contributed by atoms with Gasteiger partial charge in [-0.1, -0.05) is 23.9 Å². The van der Waals surface area contributed by atoms with Gasteiger partial charge in [0.1, 0.15) is 0 Å². The Morgan fingerprint density at radius 1 is 1.10 bits per heavy atom. The van der Waals surface area contributed by atoms with Crippen LogP contribution in [-0.2, 0) is 4.79 Å². The smallest absolute Gasteiger partial charge is 0.237 e. The van der Waals surface area contributed by atoms with Gasteiger partial charge in [-0.3, -0.25) is 9.20 Å². The Morgan fingerprint density at radius 2 is 1.87 bits per heavy atom. The number of imidazole rings is 1. The van der Waals surface area contributed by atoms with E-state index in [0.29, 0.717) is 5.78 Å². The number of thioether (sulfide) groups is 1. The molecule has 1 aliphatic rings. The van der Waals surface area contributed by atoms with E-state index in [9.17, 15) is 4.79 Å². The number of anilines is 2. The number of rotatable bonds is 5. The van der Waals surface area contributed by atoms with Crippen LogP contribution in [0.25, 0.3) is 16.8 Å². The van der Waals surface area contributed by atoms with Crippen LogP contribution in [0.1, 0.15) is 26.2 Å². The SMILES string of the molecule is C[C@H](Sc1n[nH]c2nc3ccccc3n12)C(=O)Nc1ccc(N2CCCCC2)cc1. The van der Waals surface area contributed by atoms with Gasteiger partial charge in [0.05, 0.1) is 16.3 Å². The highest BCUT2D eigenvalue weighted by atomic mass is 32.2. The van der Waals surface area contributed by atoms with Gasteiger partial charge in [0.15, 0.2) is 5.16 Å². The summed E-state index contributed by atoms with van der Waals surface area (Å²) in [5.41, 5.74) is 3.91. The maximum absolute atomic E-state index is 12.8. The van der Waals surface area contributed by atoms with Crippen LogP contribution in [0.15, 0.2) is 53.7 Å². The maximum atomic E-state index is 12.8. The molecule has 2 aromatic heterocycles. The first kappa shape index (κ1) is 19.0. The van der Waals surface area contributed by atoms with Gasteiger partial charge in [-0.15, -0.1) is 5.10 Å². The van der Waals surface area contributed by atoms with Gasteiger partial charge in [0, 0.05) is 24.5 Å². The Labute approximate surface area is 178 Å². The number of carbonyl (C=O) groups is 1. The highest BCUT2D eigenvalue weighted by molar-refractivity contribution is 8.00. The number of piperidine rings is 1. The summed E-state index contributed by atoms with van der Waals surface area (Å²) in [5, 5.41) is 10.7. The molecule has 0 bridgehead atoms. The third-order valence-corrected chi connectivity index (χ3v) is 6.56. The molecule has 8 heteroatoms. The number of benzene rings is 2. The summed E-state index contributed by atoms with van der Waals surface area (Å²) >= 11 is 1.41. The van der Waals surface area contributed by atoms with E-state index in [1.807, 2.05) is 47.7 Å². The third-order valence-electron chi connectivity index (χ3n) is 5.51. The zero-order valence-corrected chi connectivity index (χ0v) is 17.7. The van der Waals surface area contributed by atoms with E-state index < -0.39 is 0 Å². The molecule has 2 N–H and O–H groups in total. The Balaban J connectivity index is 1.27. The number of H-pyrrole nitrogens is 1. The minimum absolute atomic E-state index is 0.0497. The number of aromatic nitrogens is 4. The molecule has 1 amide bonds. The van der Waals surface area contributed by atoms with Crippen LogP contribution < -0.4 is 10.2 Å². The molecule has 1 saturated heterocycles. The first-order valence-electron chi connectivity index (χ1n) is 10.3. The van der Waals surface area contributed by atoms with Crippen LogP contribution >= 0.6 is 11.8 Å². The van der Waals surface area contributed by atoms with Crippen molar-refractivity contribution in [3.8, 4) is 0 Å².